The number of aromatic nitrogens is 1. The van der Waals surface area contributed by atoms with Crippen molar-refractivity contribution in [2.75, 3.05) is 25.2 Å². The van der Waals surface area contributed by atoms with Gasteiger partial charge in [-0.3, -0.25) is 14.5 Å². The molecular formula is C34H36N2O6S. The van der Waals surface area contributed by atoms with Crippen molar-refractivity contribution in [1.82, 2.24) is 4.98 Å². The molecule has 0 radical (unpaired) electrons. The van der Waals surface area contributed by atoms with E-state index in [-0.39, 0.29) is 11.3 Å². The topological polar surface area (TPSA) is 98.2 Å². The van der Waals surface area contributed by atoms with Crippen LogP contribution in [0, 0.1) is 19.8 Å². The number of rotatable bonds is 10. The van der Waals surface area contributed by atoms with Crippen molar-refractivity contribution in [2.45, 2.75) is 47.1 Å². The van der Waals surface area contributed by atoms with E-state index in [1.165, 1.54) is 16.2 Å². The van der Waals surface area contributed by atoms with Gasteiger partial charge in [0.05, 0.1) is 42.2 Å². The van der Waals surface area contributed by atoms with Crippen molar-refractivity contribution in [3.8, 4) is 17.2 Å². The lowest BCUT2D eigenvalue weighted by atomic mass is 9.95. The quantitative estimate of drug-likeness (QED) is 0.115. The summed E-state index contributed by atoms with van der Waals surface area (Å²) < 4.78 is 18.2. The predicted molar refractivity (Wildman–Crippen MR) is 169 cm³/mol. The van der Waals surface area contributed by atoms with E-state index in [1.54, 1.807) is 49.6 Å². The first kappa shape index (κ1) is 30.1. The van der Waals surface area contributed by atoms with Gasteiger partial charge in [-0.15, -0.1) is 0 Å². The number of carbonyl (C=O) groups is 2. The smallest absolute Gasteiger partial charge is 0.301 e. The fraction of sp³-hybridized carbons (Fsp3) is 0.324. The van der Waals surface area contributed by atoms with Crippen LogP contribution in [0.25, 0.3) is 16.0 Å². The van der Waals surface area contributed by atoms with Crippen LogP contribution in [0.4, 0.5) is 5.13 Å². The summed E-state index contributed by atoms with van der Waals surface area (Å²) in [6.45, 7) is 11.0. The van der Waals surface area contributed by atoms with E-state index in [4.69, 9.17) is 19.2 Å². The Morgan fingerprint density at radius 1 is 1.02 bits per heavy atom. The zero-order valence-electron chi connectivity index (χ0n) is 25.3. The highest BCUT2D eigenvalue weighted by atomic mass is 32.1. The number of benzene rings is 3. The average molecular weight is 601 g/mol. The summed E-state index contributed by atoms with van der Waals surface area (Å²) in [5.41, 5.74) is 3.76. The molecule has 1 saturated heterocycles. The number of ketones is 1. The molecule has 1 aliphatic heterocycles. The molecule has 3 aromatic carbocycles. The first-order valence-corrected chi connectivity index (χ1v) is 15.2. The van der Waals surface area contributed by atoms with Crippen LogP contribution in [-0.4, -0.2) is 42.1 Å². The zero-order chi connectivity index (χ0) is 30.8. The maximum absolute atomic E-state index is 13.8. The SMILES string of the molecule is CCOc1cc(C2/C(=C(\O)c3ccc(OC)cc3)C(=O)C(=O)N2c2nc3c(C)cc(C)cc3s2)ccc1OCCC(C)C. The Balaban J connectivity index is 1.68. The highest BCUT2D eigenvalue weighted by Gasteiger charge is 2.48. The number of amides is 1. The van der Waals surface area contributed by atoms with Crippen LogP contribution in [0.1, 0.15) is 55.5 Å². The van der Waals surface area contributed by atoms with Crippen molar-refractivity contribution in [2.24, 2.45) is 5.92 Å². The molecule has 4 aromatic rings. The molecule has 1 fully saturated rings. The van der Waals surface area contributed by atoms with Crippen molar-refractivity contribution in [3.63, 3.8) is 0 Å². The van der Waals surface area contributed by atoms with Gasteiger partial charge in [0.15, 0.2) is 16.6 Å². The molecule has 1 N–H and O–H groups in total. The minimum absolute atomic E-state index is 0.0294. The summed E-state index contributed by atoms with van der Waals surface area (Å²) in [6, 6.07) is 15.2. The van der Waals surface area contributed by atoms with Crippen LogP contribution < -0.4 is 19.1 Å². The molecule has 2 heterocycles. The molecule has 0 spiro atoms. The Hall–Kier alpha value is -4.37. The van der Waals surface area contributed by atoms with E-state index in [0.717, 1.165) is 27.8 Å². The summed E-state index contributed by atoms with van der Waals surface area (Å²) in [5.74, 6) is 0.317. The molecule has 224 valence electrons. The second-order valence-electron chi connectivity index (χ2n) is 11.0. The molecule has 5 rings (SSSR count). The molecule has 8 nitrogen and oxygen atoms in total. The molecule has 43 heavy (non-hydrogen) atoms. The fourth-order valence-corrected chi connectivity index (χ4v) is 6.37. The van der Waals surface area contributed by atoms with E-state index in [1.807, 2.05) is 32.9 Å². The maximum atomic E-state index is 13.8. The number of thiazole rings is 1. The molecule has 0 bridgehead atoms. The van der Waals surface area contributed by atoms with Gasteiger partial charge in [0.2, 0.25) is 0 Å². The highest BCUT2D eigenvalue weighted by molar-refractivity contribution is 7.22. The van der Waals surface area contributed by atoms with Crippen LogP contribution in [-0.2, 0) is 9.59 Å². The lowest BCUT2D eigenvalue weighted by Gasteiger charge is -2.24. The summed E-state index contributed by atoms with van der Waals surface area (Å²) in [4.78, 5) is 33.7. The van der Waals surface area contributed by atoms with Gasteiger partial charge in [0.1, 0.15) is 11.5 Å². The van der Waals surface area contributed by atoms with Gasteiger partial charge in [0.25, 0.3) is 5.78 Å². The molecular weight excluding hydrogens is 564 g/mol. The Bertz CT molecular complexity index is 1710. The van der Waals surface area contributed by atoms with Crippen molar-refractivity contribution in [1.29, 1.82) is 0 Å². The van der Waals surface area contributed by atoms with Crippen LogP contribution in [0.15, 0.2) is 60.2 Å². The first-order valence-electron chi connectivity index (χ1n) is 14.4. The molecule has 0 aliphatic carbocycles. The lowest BCUT2D eigenvalue weighted by Crippen LogP contribution is -2.29. The third-order valence-corrected chi connectivity index (χ3v) is 8.37. The van der Waals surface area contributed by atoms with Gasteiger partial charge in [-0.05, 0) is 92.3 Å². The number of nitrogens with zero attached hydrogens (tertiary/aromatic N) is 2. The van der Waals surface area contributed by atoms with Gasteiger partial charge in [0, 0.05) is 5.56 Å². The fourth-order valence-electron chi connectivity index (χ4n) is 5.20. The molecule has 9 heteroatoms. The second kappa shape index (κ2) is 12.5. The third-order valence-electron chi connectivity index (χ3n) is 7.37. The molecule has 1 amide bonds. The monoisotopic (exact) mass is 600 g/mol. The molecule has 1 unspecified atom stereocenters. The van der Waals surface area contributed by atoms with E-state index >= 15 is 0 Å². The number of fused-ring (bicyclic) bond motifs is 1. The number of hydrogen-bond donors (Lipinski definition) is 1. The minimum atomic E-state index is -0.951. The van der Waals surface area contributed by atoms with E-state index in [0.29, 0.717) is 52.6 Å². The number of Topliss-reactive ketones (excluding diaryl/α,β-unsaturated/α-hetero) is 1. The van der Waals surface area contributed by atoms with Crippen molar-refractivity contribution < 1.29 is 28.9 Å². The normalized spacial score (nSPS) is 16.3. The number of ether oxygens (including phenoxy) is 3. The number of anilines is 1. The number of methoxy groups -OCH3 is 1. The van der Waals surface area contributed by atoms with Crippen LogP contribution >= 0.6 is 11.3 Å². The Morgan fingerprint density at radius 3 is 2.44 bits per heavy atom. The summed E-state index contributed by atoms with van der Waals surface area (Å²) in [7, 11) is 1.55. The Kier molecular flexibility index (Phi) is 8.73. The largest absolute Gasteiger partial charge is 0.507 e. The standard InChI is InChI=1S/C34H36N2O6S/c1-7-41-26-18-23(10-13-25(26)42-15-14-19(2)3)30-28(31(37)22-8-11-24(40-6)12-9-22)32(38)33(39)36(30)34-35-29-21(5)16-20(4)17-27(29)43-34/h8-13,16-19,30,37H,7,14-15H2,1-6H3/b31-28+. The molecule has 1 aromatic heterocycles. The summed E-state index contributed by atoms with van der Waals surface area (Å²) >= 11 is 1.34. The van der Waals surface area contributed by atoms with Crippen LogP contribution in [0.2, 0.25) is 0 Å². The predicted octanol–water partition coefficient (Wildman–Crippen LogP) is 7.37. The molecule has 1 atom stereocenters. The maximum Gasteiger partial charge on any atom is 0.301 e. The first-order chi connectivity index (χ1) is 20.6. The number of aliphatic hydroxyl groups is 1. The molecule has 0 saturated carbocycles. The van der Waals surface area contributed by atoms with Gasteiger partial charge < -0.3 is 19.3 Å². The second-order valence-corrected chi connectivity index (χ2v) is 12.0. The minimum Gasteiger partial charge on any atom is -0.507 e. The average Bonchev–Trinajstić information content (AvgIpc) is 3.51. The number of hydrogen-bond acceptors (Lipinski definition) is 8. The number of carbonyl (C=O) groups excluding carboxylic acids is 2. The van der Waals surface area contributed by atoms with Gasteiger partial charge in [-0.2, -0.15) is 0 Å². The van der Waals surface area contributed by atoms with E-state index < -0.39 is 17.7 Å². The number of aliphatic hydroxyl groups excluding tert-OH is 1. The van der Waals surface area contributed by atoms with E-state index in [2.05, 4.69) is 13.8 Å². The summed E-state index contributed by atoms with van der Waals surface area (Å²) in [5, 5.41) is 11.9. The Labute approximate surface area is 255 Å². The van der Waals surface area contributed by atoms with Gasteiger partial charge >= 0.3 is 5.91 Å². The van der Waals surface area contributed by atoms with Gasteiger partial charge in [-0.25, -0.2) is 4.98 Å². The lowest BCUT2D eigenvalue weighted by molar-refractivity contribution is -0.132. The summed E-state index contributed by atoms with van der Waals surface area (Å²) in [6.07, 6.45) is 0.881. The van der Waals surface area contributed by atoms with Crippen LogP contribution in [0.5, 0.6) is 17.2 Å². The number of aryl methyl sites for hydroxylation is 2. The van der Waals surface area contributed by atoms with Crippen molar-refractivity contribution >= 4 is 44.1 Å². The Morgan fingerprint density at radius 2 is 1.77 bits per heavy atom. The zero-order valence-corrected chi connectivity index (χ0v) is 26.1. The highest BCUT2D eigenvalue weighted by Crippen LogP contribution is 2.46. The third kappa shape index (κ3) is 5.95. The van der Waals surface area contributed by atoms with Crippen molar-refractivity contribution in [3.05, 3.63) is 82.4 Å². The molecule has 1 aliphatic rings. The van der Waals surface area contributed by atoms with E-state index in [9.17, 15) is 14.7 Å². The van der Waals surface area contributed by atoms with Gasteiger partial charge in [-0.1, -0.05) is 37.3 Å². The van der Waals surface area contributed by atoms with Crippen LogP contribution in [0.3, 0.4) is 0 Å².